The Morgan fingerprint density at radius 3 is 2.29 bits per heavy atom. The van der Waals surface area contributed by atoms with Crippen LogP contribution in [0.5, 0.6) is 0 Å². The number of amides is 1. The predicted octanol–water partition coefficient (Wildman–Crippen LogP) is 3.09. The van der Waals surface area contributed by atoms with Gasteiger partial charge in [-0.2, -0.15) is 17.5 Å². The second-order valence-electron chi connectivity index (χ2n) is 6.97. The first-order valence-corrected chi connectivity index (χ1v) is 10.9. The van der Waals surface area contributed by atoms with Crippen molar-refractivity contribution in [1.29, 1.82) is 0 Å². The Labute approximate surface area is 178 Å². The number of carbonyl (C=O) groups is 1. The van der Waals surface area contributed by atoms with Crippen molar-refractivity contribution in [3.63, 3.8) is 0 Å². The number of sulfonamides is 1. The summed E-state index contributed by atoms with van der Waals surface area (Å²) >= 11 is 0. The van der Waals surface area contributed by atoms with Crippen LogP contribution in [-0.4, -0.2) is 51.5 Å². The van der Waals surface area contributed by atoms with Gasteiger partial charge < -0.3 is 15.4 Å². The van der Waals surface area contributed by atoms with Crippen molar-refractivity contribution < 1.29 is 31.1 Å². The third kappa shape index (κ3) is 5.75. The molecule has 1 saturated heterocycles. The van der Waals surface area contributed by atoms with Gasteiger partial charge in [-0.25, -0.2) is 8.42 Å². The number of aryl methyl sites for hydroxylation is 1. The van der Waals surface area contributed by atoms with E-state index in [1.165, 1.54) is 22.5 Å². The van der Waals surface area contributed by atoms with Crippen molar-refractivity contribution in [2.24, 2.45) is 0 Å². The Bertz CT molecular complexity index is 1030. The van der Waals surface area contributed by atoms with E-state index < -0.39 is 27.7 Å². The number of hydrogen-bond acceptors (Lipinski definition) is 5. The van der Waals surface area contributed by atoms with Crippen molar-refractivity contribution in [1.82, 2.24) is 4.31 Å². The summed E-state index contributed by atoms with van der Waals surface area (Å²) in [5.41, 5.74) is 0.419. The number of benzene rings is 2. The molecule has 0 bridgehead atoms. The van der Waals surface area contributed by atoms with Crippen LogP contribution >= 0.6 is 0 Å². The zero-order valence-corrected chi connectivity index (χ0v) is 17.5. The molecule has 0 aliphatic carbocycles. The largest absolute Gasteiger partial charge is 0.416 e. The Morgan fingerprint density at radius 2 is 1.68 bits per heavy atom. The van der Waals surface area contributed by atoms with Crippen LogP contribution < -0.4 is 10.6 Å². The minimum Gasteiger partial charge on any atom is -0.379 e. The summed E-state index contributed by atoms with van der Waals surface area (Å²) in [6.45, 7) is 2.63. The number of rotatable bonds is 6. The molecule has 0 atom stereocenters. The smallest absolute Gasteiger partial charge is 0.379 e. The molecule has 1 aliphatic rings. The zero-order valence-electron chi connectivity index (χ0n) is 16.7. The summed E-state index contributed by atoms with van der Waals surface area (Å²) in [6, 6.07) is 8.89. The van der Waals surface area contributed by atoms with E-state index in [2.05, 4.69) is 10.6 Å². The second kappa shape index (κ2) is 9.25. The summed E-state index contributed by atoms with van der Waals surface area (Å²) in [7, 11) is -3.73. The van der Waals surface area contributed by atoms with Gasteiger partial charge in [-0.1, -0.05) is 6.07 Å². The lowest BCUT2D eigenvalue weighted by Gasteiger charge is -2.26. The van der Waals surface area contributed by atoms with Gasteiger partial charge in [-0.05, 0) is 48.9 Å². The van der Waals surface area contributed by atoms with Crippen LogP contribution in [-0.2, 0) is 25.7 Å². The van der Waals surface area contributed by atoms with Gasteiger partial charge in [0.05, 0.1) is 30.2 Å². The number of ether oxygens (including phenoxy) is 1. The molecule has 168 valence electrons. The molecule has 1 aliphatic heterocycles. The summed E-state index contributed by atoms with van der Waals surface area (Å²) in [5, 5.41) is 5.33. The van der Waals surface area contributed by atoms with Gasteiger partial charge in [-0.3, -0.25) is 4.79 Å². The molecule has 0 radical (unpaired) electrons. The molecule has 0 aromatic heterocycles. The monoisotopic (exact) mass is 457 g/mol. The highest BCUT2D eigenvalue weighted by atomic mass is 32.2. The lowest BCUT2D eigenvalue weighted by Crippen LogP contribution is -2.40. The Morgan fingerprint density at radius 1 is 1.06 bits per heavy atom. The molecule has 1 amide bonds. The van der Waals surface area contributed by atoms with Crippen LogP contribution in [0, 0.1) is 6.92 Å². The van der Waals surface area contributed by atoms with Crippen LogP contribution in [0.15, 0.2) is 47.4 Å². The number of hydrogen-bond donors (Lipinski definition) is 2. The third-order valence-corrected chi connectivity index (χ3v) is 6.77. The number of nitrogens with zero attached hydrogens (tertiary/aromatic N) is 1. The van der Waals surface area contributed by atoms with Crippen LogP contribution in [0.2, 0.25) is 0 Å². The standard InChI is InChI=1S/C20H22F3N3O4S/c1-14-2-5-17(12-18(14)31(28,29)26-8-10-30-11-9-26)25-19(27)13-24-16-6-3-15(4-7-16)20(21,22)23/h2-7,12,24H,8-11,13H2,1H3,(H,25,27). The molecule has 7 nitrogen and oxygen atoms in total. The molecule has 2 N–H and O–H groups in total. The number of nitrogens with one attached hydrogen (secondary N) is 2. The lowest BCUT2D eigenvalue weighted by molar-refractivity contribution is -0.137. The number of anilines is 2. The van der Waals surface area contributed by atoms with Crippen molar-refractivity contribution >= 4 is 27.3 Å². The Hall–Kier alpha value is -2.63. The van der Waals surface area contributed by atoms with E-state index in [1.54, 1.807) is 19.1 Å². The normalized spacial score (nSPS) is 15.5. The first-order chi connectivity index (χ1) is 14.6. The zero-order chi connectivity index (χ0) is 22.6. The van der Waals surface area contributed by atoms with Gasteiger partial charge >= 0.3 is 6.18 Å². The Balaban J connectivity index is 1.64. The van der Waals surface area contributed by atoms with E-state index >= 15 is 0 Å². The number of halogens is 3. The summed E-state index contributed by atoms with van der Waals surface area (Å²) < 4.78 is 70.2. The lowest BCUT2D eigenvalue weighted by atomic mass is 10.2. The number of morpholine rings is 1. The van der Waals surface area contributed by atoms with Crippen molar-refractivity contribution in [2.75, 3.05) is 43.5 Å². The molecule has 1 fully saturated rings. The van der Waals surface area contributed by atoms with E-state index in [0.717, 1.165) is 12.1 Å². The Kier molecular flexibility index (Phi) is 6.87. The molecule has 0 saturated carbocycles. The van der Waals surface area contributed by atoms with Crippen LogP contribution in [0.4, 0.5) is 24.5 Å². The van der Waals surface area contributed by atoms with Gasteiger partial charge in [-0.15, -0.1) is 0 Å². The van der Waals surface area contributed by atoms with Crippen molar-refractivity contribution in [2.45, 2.75) is 18.0 Å². The van der Waals surface area contributed by atoms with Crippen LogP contribution in [0.25, 0.3) is 0 Å². The molecular weight excluding hydrogens is 435 g/mol. The van der Waals surface area contributed by atoms with E-state index in [-0.39, 0.29) is 24.5 Å². The predicted molar refractivity (Wildman–Crippen MR) is 109 cm³/mol. The van der Waals surface area contributed by atoms with Crippen molar-refractivity contribution in [3.8, 4) is 0 Å². The maximum absolute atomic E-state index is 12.9. The second-order valence-corrected chi connectivity index (χ2v) is 8.88. The molecule has 0 unspecified atom stereocenters. The van der Waals surface area contributed by atoms with Crippen LogP contribution in [0.1, 0.15) is 11.1 Å². The minimum absolute atomic E-state index is 0.0999. The third-order valence-electron chi connectivity index (χ3n) is 4.73. The molecule has 11 heteroatoms. The van der Waals surface area contributed by atoms with E-state index in [4.69, 9.17) is 4.74 Å². The average Bonchev–Trinajstić information content (AvgIpc) is 2.74. The molecule has 31 heavy (non-hydrogen) atoms. The quantitative estimate of drug-likeness (QED) is 0.696. The summed E-state index contributed by atoms with van der Waals surface area (Å²) in [5.74, 6) is -0.474. The topological polar surface area (TPSA) is 87.7 Å². The molecule has 2 aromatic carbocycles. The molecule has 1 heterocycles. The van der Waals surface area contributed by atoms with Gasteiger partial charge in [0, 0.05) is 24.5 Å². The molecule has 3 rings (SSSR count). The van der Waals surface area contributed by atoms with Gasteiger partial charge in [0.15, 0.2) is 0 Å². The van der Waals surface area contributed by atoms with Gasteiger partial charge in [0.1, 0.15) is 0 Å². The van der Waals surface area contributed by atoms with E-state index in [0.29, 0.717) is 30.2 Å². The first kappa shape index (κ1) is 23.0. The minimum atomic E-state index is -4.43. The summed E-state index contributed by atoms with van der Waals surface area (Å²) in [4.78, 5) is 12.3. The molecule has 2 aromatic rings. The average molecular weight is 457 g/mol. The van der Waals surface area contributed by atoms with E-state index in [1.807, 2.05) is 0 Å². The number of carbonyl (C=O) groups excluding carboxylic acids is 1. The first-order valence-electron chi connectivity index (χ1n) is 9.47. The van der Waals surface area contributed by atoms with Crippen LogP contribution in [0.3, 0.4) is 0 Å². The molecule has 0 spiro atoms. The maximum atomic E-state index is 12.9. The van der Waals surface area contributed by atoms with Crippen molar-refractivity contribution in [3.05, 3.63) is 53.6 Å². The number of alkyl halides is 3. The fourth-order valence-corrected chi connectivity index (χ4v) is 4.71. The highest BCUT2D eigenvalue weighted by Gasteiger charge is 2.30. The van der Waals surface area contributed by atoms with E-state index in [9.17, 15) is 26.4 Å². The highest BCUT2D eigenvalue weighted by molar-refractivity contribution is 7.89. The SMILES string of the molecule is Cc1ccc(NC(=O)CNc2ccc(C(F)(F)F)cc2)cc1S(=O)(=O)N1CCOCC1. The van der Waals surface area contributed by atoms with Gasteiger partial charge in [0.25, 0.3) is 0 Å². The fourth-order valence-electron chi connectivity index (χ4n) is 3.05. The fraction of sp³-hybridized carbons (Fsp3) is 0.350. The maximum Gasteiger partial charge on any atom is 0.416 e. The summed E-state index contributed by atoms with van der Waals surface area (Å²) in [6.07, 6.45) is -4.43. The highest BCUT2D eigenvalue weighted by Crippen LogP contribution is 2.30. The van der Waals surface area contributed by atoms with Gasteiger partial charge in [0.2, 0.25) is 15.9 Å². The molecular formula is C20H22F3N3O4S.